The molecular weight excluding hydrogens is 342 g/mol. The zero-order chi connectivity index (χ0) is 15.9. The molecule has 0 saturated carbocycles. The summed E-state index contributed by atoms with van der Waals surface area (Å²) >= 11 is 3.40. The fourth-order valence-corrected chi connectivity index (χ4v) is 2.12. The van der Waals surface area contributed by atoms with Gasteiger partial charge in [-0.25, -0.2) is 4.98 Å². The largest absolute Gasteiger partial charge is 0.352 e. The molecule has 0 aliphatic carbocycles. The number of hydrogen-bond donors (Lipinski definition) is 2. The topological polar surface area (TPSA) is 54.0 Å². The van der Waals surface area contributed by atoms with Crippen LogP contribution in [0.4, 0.5) is 11.5 Å². The van der Waals surface area contributed by atoms with Crippen molar-refractivity contribution in [3.05, 3.63) is 52.6 Å². The molecule has 0 atom stereocenters. The minimum atomic E-state index is -0.0802. The van der Waals surface area contributed by atoms with Crippen LogP contribution >= 0.6 is 15.9 Å². The van der Waals surface area contributed by atoms with Crippen LogP contribution in [-0.4, -0.2) is 17.4 Å². The maximum atomic E-state index is 12.0. The lowest BCUT2D eigenvalue weighted by Gasteiger charge is -2.08. The van der Waals surface area contributed by atoms with E-state index in [-0.39, 0.29) is 5.91 Å². The van der Waals surface area contributed by atoms with Crippen molar-refractivity contribution >= 4 is 33.3 Å². The number of halogens is 1. The Labute approximate surface area is 139 Å². The Kier molecular flexibility index (Phi) is 5.95. The number of carbonyl (C=O) groups is 1. The summed E-state index contributed by atoms with van der Waals surface area (Å²) < 4.78 is 1.03. The molecule has 2 aromatic rings. The van der Waals surface area contributed by atoms with Gasteiger partial charge in [0.15, 0.2) is 0 Å². The van der Waals surface area contributed by atoms with E-state index in [1.165, 1.54) is 0 Å². The van der Waals surface area contributed by atoms with Gasteiger partial charge in [-0.05, 0) is 48.7 Å². The first-order valence-corrected chi connectivity index (χ1v) is 8.11. The lowest BCUT2D eigenvalue weighted by molar-refractivity contribution is 0.0951. The van der Waals surface area contributed by atoms with Crippen LogP contribution in [0.5, 0.6) is 0 Å². The number of nitrogens with zero attached hydrogens (tertiary/aromatic N) is 1. The molecule has 0 fully saturated rings. The normalized spacial score (nSPS) is 10.5. The Morgan fingerprint density at radius 2 is 1.91 bits per heavy atom. The van der Waals surface area contributed by atoms with Gasteiger partial charge in [-0.1, -0.05) is 29.8 Å². The number of hydrogen-bond acceptors (Lipinski definition) is 3. The summed E-state index contributed by atoms with van der Waals surface area (Å²) in [5, 5.41) is 6.09. The Morgan fingerprint density at radius 1 is 1.18 bits per heavy atom. The van der Waals surface area contributed by atoms with E-state index < -0.39 is 0 Å². The molecule has 1 amide bonds. The maximum absolute atomic E-state index is 12.0. The summed E-state index contributed by atoms with van der Waals surface area (Å²) in [6.07, 6.45) is 2.56. The molecule has 2 N–H and O–H groups in total. The molecule has 1 aromatic heterocycles. The first kappa shape index (κ1) is 16.5. The third kappa shape index (κ3) is 5.15. The zero-order valence-electron chi connectivity index (χ0n) is 12.8. The predicted octanol–water partition coefficient (Wildman–Crippen LogP) is 4.36. The minimum Gasteiger partial charge on any atom is -0.352 e. The highest BCUT2D eigenvalue weighted by atomic mass is 79.9. The molecule has 0 unspecified atom stereocenters. The van der Waals surface area contributed by atoms with Crippen LogP contribution in [0.1, 0.15) is 30.6 Å². The van der Waals surface area contributed by atoms with Crippen molar-refractivity contribution in [1.82, 2.24) is 10.3 Å². The number of pyridine rings is 1. The van der Waals surface area contributed by atoms with Gasteiger partial charge in [0.05, 0.1) is 5.56 Å². The van der Waals surface area contributed by atoms with Crippen LogP contribution in [0, 0.1) is 5.92 Å². The minimum absolute atomic E-state index is 0.0802. The van der Waals surface area contributed by atoms with Gasteiger partial charge >= 0.3 is 0 Å². The van der Waals surface area contributed by atoms with Crippen LogP contribution in [-0.2, 0) is 0 Å². The standard InChI is InChI=1S/C17H20BrN3O/c1-12(2)9-10-19-17(22)13-3-8-16(20-11-13)21-15-6-4-14(18)5-7-15/h3-8,11-12H,9-10H2,1-2H3,(H,19,22)(H,20,21). The molecule has 5 heteroatoms. The molecule has 116 valence electrons. The van der Waals surface area contributed by atoms with E-state index in [9.17, 15) is 4.79 Å². The molecule has 1 aromatic carbocycles. The predicted molar refractivity (Wildman–Crippen MR) is 93.4 cm³/mol. The van der Waals surface area contributed by atoms with E-state index in [2.05, 4.69) is 45.4 Å². The van der Waals surface area contributed by atoms with Gasteiger partial charge in [0.2, 0.25) is 0 Å². The number of benzene rings is 1. The summed E-state index contributed by atoms with van der Waals surface area (Å²) in [5.74, 6) is 1.21. The van der Waals surface area contributed by atoms with Crippen LogP contribution < -0.4 is 10.6 Å². The quantitative estimate of drug-likeness (QED) is 0.803. The lowest BCUT2D eigenvalue weighted by atomic mass is 10.1. The highest BCUT2D eigenvalue weighted by Crippen LogP contribution is 2.18. The van der Waals surface area contributed by atoms with Crippen molar-refractivity contribution in [3.63, 3.8) is 0 Å². The van der Waals surface area contributed by atoms with E-state index in [4.69, 9.17) is 0 Å². The highest BCUT2D eigenvalue weighted by Gasteiger charge is 2.06. The van der Waals surface area contributed by atoms with E-state index >= 15 is 0 Å². The van der Waals surface area contributed by atoms with Crippen molar-refractivity contribution in [2.75, 3.05) is 11.9 Å². The molecular formula is C17H20BrN3O. The van der Waals surface area contributed by atoms with E-state index in [0.717, 1.165) is 16.6 Å². The fraction of sp³-hybridized carbons (Fsp3) is 0.294. The second kappa shape index (κ2) is 7.94. The van der Waals surface area contributed by atoms with Crippen LogP contribution in [0.2, 0.25) is 0 Å². The SMILES string of the molecule is CC(C)CCNC(=O)c1ccc(Nc2ccc(Br)cc2)nc1. The van der Waals surface area contributed by atoms with Crippen molar-refractivity contribution in [1.29, 1.82) is 0 Å². The van der Waals surface area contributed by atoms with Crippen LogP contribution in [0.25, 0.3) is 0 Å². The maximum Gasteiger partial charge on any atom is 0.252 e. The third-order valence-electron chi connectivity index (χ3n) is 3.15. The van der Waals surface area contributed by atoms with Gasteiger partial charge in [-0.15, -0.1) is 0 Å². The van der Waals surface area contributed by atoms with Gasteiger partial charge in [0, 0.05) is 22.9 Å². The number of aromatic nitrogens is 1. The smallest absolute Gasteiger partial charge is 0.252 e. The Bertz CT molecular complexity index is 609. The molecule has 0 aliphatic rings. The van der Waals surface area contributed by atoms with E-state index in [1.807, 2.05) is 24.3 Å². The van der Waals surface area contributed by atoms with Crippen molar-refractivity contribution in [3.8, 4) is 0 Å². The van der Waals surface area contributed by atoms with Crippen molar-refractivity contribution in [2.45, 2.75) is 20.3 Å². The van der Waals surface area contributed by atoms with Gasteiger partial charge in [0.25, 0.3) is 5.91 Å². The summed E-state index contributed by atoms with van der Waals surface area (Å²) in [6.45, 7) is 4.96. The highest BCUT2D eigenvalue weighted by molar-refractivity contribution is 9.10. The lowest BCUT2D eigenvalue weighted by Crippen LogP contribution is -2.25. The number of carbonyl (C=O) groups excluding carboxylic acids is 1. The number of anilines is 2. The third-order valence-corrected chi connectivity index (χ3v) is 3.68. The van der Waals surface area contributed by atoms with Gasteiger partial charge in [-0.3, -0.25) is 4.79 Å². The van der Waals surface area contributed by atoms with Gasteiger partial charge in [-0.2, -0.15) is 0 Å². The molecule has 2 rings (SSSR count). The summed E-state index contributed by atoms with van der Waals surface area (Å²) in [7, 11) is 0. The van der Waals surface area contributed by atoms with Crippen LogP contribution in [0.3, 0.4) is 0 Å². The molecule has 0 radical (unpaired) electrons. The number of nitrogens with one attached hydrogen (secondary N) is 2. The monoisotopic (exact) mass is 361 g/mol. The summed E-state index contributed by atoms with van der Waals surface area (Å²) in [4.78, 5) is 16.2. The molecule has 0 aliphatic heterocycles. The Hall–Kier alpha value is -1.88. The first-order chi connectivity index (χ1) is 10.5. The first-order valence-electron chi connectivity index (χ1n) is 7.31. The Balaban J connectivity index is 1.92. The average Bonchev–Trinajstić information content (AvgIpc) is 2.50. The van der Waals surface area contributed by atoms with Crippen LogP contribution in [0.15, 0.2) is 47.1 Å². The van der Waals surface area contributed by atoms with Gasteiger partial charge < -0.3 is 10.6 Å². The summed E-state index contributed by atoms with van der Waals surface area (Å²) in [6, 6.07) is 11.4. The number of amides is 1. The second-order valence-electron chi connectivity index (χ2n) is 5.50. The second-order valence-corrected chi connectivity index (χ2v) is 6.42. The van der Waals surface area contributed by atoms with Gasteiger partial charge in [0.1, 0.15) is 5.82 Å². The molecule has 4 nitrogen and oxygen atoms in total. The molecule has 0 spiro atoms. The number of rotatable bonds is 6. The molecule has 0 bridgehead atoms. The van der Waals surface area contributed by atoms with E-state index in [0.29, 0.717) is 23.8 Å². The van der Waals surface area contributed by atoms with E-state index in [1.54, 1.807) is 18.3 Å². The molecule has 1 heterocycles. The zero-order valence-corrected chi connectivity index (χ0v) is 14.4. The fourth-order valence-electron chi connectivity index (χ4n) is 1.86. The molecule has 22 heavy (non-hydrogen) atoms. The summed E-state index contributed by atoms with van der Waals surface area (Å²) in [5.41, 5.74) is 1.52. The average molecular weight is 362 g/mol. The van der Waals surface area contributed by atoms with Crippen molar-refractivity contribution in [2.24, 2.45) is 5.92 Å². The van der Waals surface area contributed by atoms with Crippen molar-refractivity contribution < 1.29 is 4.79 Å². The molecule has 0 saturated heterocycles. The Morgan fingerprint density at radius 3 is 2.50 bits per heavy atom.